The van der Waals surface area contributed by atoms with Gasteiger partial charge in [-0.3, -0.25) is 0 Å². The highest BCUT2D eigenvalue weighted by atomic mass is 32.2. The molecule has 0 aliphatic rings. The highest BCUT2D eigenvalue weighted by molar-refractivity contribution is 7.89. The van der Waals surface area contributed by atoms with Crippen LogP contribution in [0.4, 0.5) is 5.69 Å². The van der Waals surface area contributed by atoms with Gasteiger partial charge in [-0.25, -0.2) is 17.9 Å². The van der Waals surface area contributed by atoms with Gasteiger partial charge in [-0.1, -0.05) is 60.7 Å². The number of carbonyl (C=O) groups is 1. The molecule has 0 fully saturated rings. The average molecular weight is 410 g/mol. The van der Waals surface area contributed by atoms with Crippen molar-refractivity contribution in [1.29, 1.82) is 0 Å². The third-order valence-electron chi connectivity index (χ3n) is 4.50. The molecule has 0 unspecified atom stereocenters. The molecule has 0 saturated carbocycles. The van der Waals surface area contributed by atoms with Crippen molar-refractivity contribution in [3.05, 3.63) is 95.6 Å². The predicted molar refractivity (Wildman–Crippen MR) is 112 cm³/mol. The highest BCUT2D eigenvalue weighted by Crippen LogP contribution is 2.27. The molecule has 0 spiro atoms. The Morgan fingerprint density at radius 2 is 1.59 bits per heavy atom. The van der Waals surface area contributed by atoms with Gasteiger partial charge >= 0.3 is 5.97 Å². The van der Waals surface area contributed by atoms with Crippen molar-refractivity contribution in [2.24, 2.45) is 0 Å². The van der Waals surface area contributed by atoms with Crippen LogP contribution in [0.15, 0.2) is 83.8 Å². The first kappa shape index (κ1) is 20.6. The van der Waals surface area contributed by atoms with Crippen LogP contribution in [-0.2, 0) is 16.6 Å². The zero-order valence-corrected chi connectivity index (χ0v) is 16.7. The Morgan fingerprint density at radius 1 is 0.966 bits per heavy atom. The van der Waals surface area contributed by atoms with E-state index in [0.717, 1.165) is 11.1 Å². The summed E-state index contributed by atoms with van der Waals surface area (Å²) in [6, 6.07) is 22.6. The highest BCUT2D eigenvalue weighted by Gasteiger charge is 2.22. The Balaban J connectivity index is 1.92. The first-order valence-electron chi connectivity index (χ1n) is 9.09. The molecule has 29 heavy (non-hydrogen) atoms. The molecular weight excluding hydrogens is 388 g/mol. The molecule has 0 bridgehead atoms. The maximum Gasteiger partial charge on any atom is 0.335 e. The molecule has 7 heteroatoms. The van der Waals surface area contributed by atoms with Gasteiger partial charge in [0, 0.05) is 12.6 Å². The van der Waals surface area contributed by atoms with Crippen LogP contribution in [0.5, 0.6) is 0 Å². The monoisotopic (exact) mass is 410 g/mol. The lowest BCUT2D eigenvalue weighted by Crippen LogP contribution is -2.25. The molecule has 0 radical (unpaired) electrons. The Hall–Kier alpha value is -3.16. The topological polar surface area (TPSA) is 95.5 Å². The Kier molecular flexibility index (Phi) is 6.31. The molecule has 6 nitrogen and oxygen atoms in total. The van der Waals surface area contributed by atoms with Crippen molar-refractivity contribution >= 4 is 21.7 Å². The van der Waals surface area contributed by atoms with Crippen LogP contribution in [-0.4, -0.2) is 19.5 Å². The second-order valence-corrected chi connectivity index (χ2v) is 8.34. The molecule has 1 atom stereocenters. The van der Waals surface area contributed by atoms with Gasteiger partial charge in [0.2, 0.25) is 10.0 Å². The number of hydrogen-bond acceptors (Lipinski definition) is 4. The molecule has 0 aromatic heterocycles. The van der Waals surface area contributed by atoms with Crippen LogP contribution < -0.4 is 10.0 Å². The minimum absolute atomic E-state index is 0.0944. The lowest BCUT2D eigenvalue weighted by molar-refractivity contribution is 0.0696. The maximum absolute atomic E-state index is 13.0. The lowest BCUT2D eigenvalue weighted by Gasteiger charge is -2.19. The number of carboxylic acid groups (broad SMARTS) is 1. The van der Waals surface area contributed by atoms with Crippen LogP contribution in [0.3, 0.4) is 0 Å². The molecular formula is C22H22N2O4S. The largest absolute Gasteiger partial charge is 0.478 e. The van der Waals surface area contributed by atoms with Gasteiger partial charge < -0.3 is 10.4 Å². The average Bonchev–Trinajstić information content (AvgIpc) is 2.73. The summed E-state index contributed by atoms with van der Waals surface area (Å²) in [5.41, 5.74) is 2.03. The molecule has 0 aliphatic carbocycles. The van der Waals surface area contributed by atoms with E-state index in [-0.39, 0.29) is 23.0 Å². The third kappa shape index (κ3) is 5.22. The van der Waals surface area contributed by atoms with Gasteiger partial charge in [-0.05, 0) is 36.2 Å². The van der Waals surface area contributed by atoms with Crippen molar-refractivity contribution in [3.63, 3.8) is 0 Å². The zero-order valence-electron chi connectivity index (χ0n) is 15.9. The quantitative estimate of drug-likeness (QED) is 0.521. The summed E-state index contributed by atoms with van der Waals surface area (Å²) in [4.78, 5) is 11.3. The Morgan fingerprint density at radius 3 is 2.21 bits per heavy atom. The van der Waals surface area contributed by atoms with E-state index in [1.807, 2.05) is 67.6 Å². The second-order valence-electron chi connectivity index (χ2n) is 6.60. The summed E-state index contributed by atoms with van der Waals surface area (Å²) in [5.74, 6) is -1.19. The molecule has 150 valence electrons. The first-order valence-corrected chi connectivity index (χ1v) is 10.6. The Bertz CT molecular complexity index is 1080. The van der Waals surface area contributed by atoms with E-state index in [1.54, 1.807) is 0 Å². The molecule has 0 saturated heterocycles. The number of rotatable bonds is 8. The number of anilines is 1. The van der Waals surface area contributed by atoms with E-state index in [1.165, 1.54) is 18.2 Å². The number of aromatic carboxylic acids is 1. The summed E-state index contributed by atoms with van der Waals surface area (Å²) in [6.07, 6.45) is 0. The van der Waals surface area contributed by atoms with Crippen molar-refractivity contribution in [1.82, 2.24) is 4.72 Å². The van der Waals surface area contributed by atoms with Crippen molar-refractivity contribution in [3.8, 4) is 0 Å². The summed E-state index contributed by atoms with van der Waals surface area (Å²) < 4.78 is 28.5. The smallest absolute Gasteiger partial charge is 0.335 e. The van der Waals surface area contributed by atoms with Gasteiger partial charge in [0.25, 0.3) is 0 Å². The van der Waals surface area contributed by atoms with E-state index in [4.69, 9.17) is 0 Å². The van der Waals surface area contributed by atoms with Crippen LogP contribution in [0.2, 0.25) is 0 Å². The molecule has 0 aliphatic heterocycles. The van der Waals surface area contributed by atoms with Gasteiger partial charge in [-0.15, -0.1) is 0 Å². The van der Waals surface area contributed by atoms with E-state index in [9.17, 15) is 18.3 Å². The molecule has 3 aromatic rings. The molecule has 0 amide bonds. The first-order chi connectivity index (χ1) is 13.9. The van der Waals surface area contributed by atoms with Crippen LogP contribution >= 0.6 is 0 Å². The van der Waals surface area contributed by atoms with Crippen molar-refractivity contribution < 1.29 is 18.3 Å². The van der Waals surface area contributed by atoms with E-state index < -0.39 is 16.0 Å². The van der Waals surface area contributed by atoms with Crippen LogP contribution in [0.25, 0.3) is 0 Å². The maximum atomic E-state index is 13.0. The van der Waals surface area contributed by atoms with Gasteiger partial charge in [0.1, 0.15) is 4.90 Å². The number of carboxylic acids is 1. The fraction of sp³-hybridized carbons (Fsp3) is 0.136. The molecule has 3 N–H and O–H groups in total. The van der Waals surface area contributed by atoms with Gasteiger partial charge in [-0.2, -0.15) is 0 Å². The van der Waals surface area contributed by atoms with Crippen molar-refractivity contribution in [2.45, 2.75) is 24.4 Å². The fourth-order valence-electron chi connectivity index (χ4n) is 2.91. The molecule has 3 rings (SSSR count). The van der Waals surface area contributed by atoms with Crippen LogP contribution in [0.1, 0.15) is 34.5 Å². The lowest BCUT2D eigenvalue weighted by atomic mass is 10.1. The standard InChI is InChI=1S/C22H22N2O4S/c1-16(18-10-6-3-7-11-18)24-20-13-12-19(22(25)26)14-21(20)29(27,28)23-15-17-8-4-2-5-9-17/h2-14,16,23-24H,15H2,1H3,(H,25,26)/t16-/m0/s1. The van der Waals surface area contributed by atoms with E-state index in [2.05, 4.69) is 10.0 Å². The van der Waals surface area contributed by atoms with Gasteiger partial charge in [0.05, 0.1) is 11.3 Å². The molecule has 0 heterocycles. The minimum atomic E-state index is -3.95. The van der Waals surface area contributed by atoms with Gasteiger partial charge in [0.15, 0.2) is 0 Å². The minimum Gasteiger partial charge on any atom is -0.478 e. The number of hydrogen-bond donors (Lipinski definition) is 3. The van der Waals surface area contributed by atoms with Crippen LogP contribution in [0, 0.1) is 0 Å². The number of benzene rings is 3. The normalized spacial score (nSPS) is 12.3. The zero-order chi connectivity index (χ0) is 20.9. The predicted octanol–water partition coefficient (Wildman–Crippen LogP) is 4.04. The number of sulfonamides is 1. The summed E-state index contributed by atoms with van der Waals surface area (Å²) in [6.45, 7) is 2.02. The Labute approximate surface area is 170 Å². The summed E-state index contributed by atoms with van der Waals surface area (Å²) >= 11 is 0. The second kappa shape index (κ2) is 8.89. The summed E-state index contributed by atoms with van der Waals surface area (Å²) in [7, 11) is -3.95. The SMILES string of the molecule is C[C@H](Nc1ccc(C(=O)O)cc1S(=O)(=O)NCc1ccccc1)c1ccccc1. The third-order valence-corrected chi connectivity index (χ3v) is 5.94. The van der Waals surface area contributed by atoms with E-state index in [0.29, 0.717) is 5.69 Å². The van der Waals surface area contributed by atoms with Crippen molar-refractivity contribution in [2.75, 3.05) is 5.32 Å². The molecule has 3 aromatic carbocycles. The summed E-state index contributed by atoms with van der Waals surface area (Å²) in [5, 5.41) is 12.5. The number of nitrogens with one attached hydrogen (secondary N) is 2. The fourth-order valence-corrected chi connectivity index (χ4v) is 4.12. The van der Waals surface area contributed by atoms with E-state index >= 15 is 0 Å².